The van der Waals surface area contributed by atoms with Crippen molar-refractivity contribution in [2.75, 3.05) is 34.4 Å². The Morgan fingerprint density at radius 2 is 1.71 bits per heavy atom. The Hall–Kier alpha value is 0.0169. The molecule has 0 aliphatic carbocycles. The molecule has 0 radical (unpaired) electrons. The Balaban J connectivity index is 4.40. The van der Waals surface area contributed by atoms with Crippen LogP contribution in [0.2, 0.25) is 0 Å². The molecular formula is C8H22N2O3Si. The van der Waals surface area contributed by atoms with E-state index in [9.17, 15) is 0 Å². The molecule has 3 N–H and O–H groups in total. The van der Waals surface area contributed by atoms with E-state index in [1.165, 1.54) is 0 Å². The van der Waals surface area contributed by atoms with Gasteiger partial charge >= 0.3 is 8.80 Å². The fourth-order valence-corrected chi connectivity index (χ4v) is 3.70. The van der Waals surface area contributed by atoms with Gasteiger partial charge in [0.2, 0.25) is 0 Å². The van der Waals surface area contributed by atoms with Crippen LogP contribution in [0.5, 0.6) is 0 Å². The highest BCUT2D eigenvalue weighted by atomic mass is 28.4. The third kappa shape index (κ3) is 3.30. The third-order valence-electron chi connectivity index (χ3n) is 2.22. The van der Waals surface area contributed by atoms with Crippen molar-refractivity contribution >= 4 is 8.80 Å². The molecule has 0 fully saturated rings. The van der Waals surface area contributed by atoms with Crippen molar-refractivity contribution in [2.45, 2.75) is 19.0 Å². The van der Waals surface area contributed by atoms with Gasteiger partial charge in [0.05, 0.1) is 5.67 Å². The van der Waals surface area contributed by atoms with E-state index in [2.05, 4.69) is 12.2 Å². The lowest BCUT2D eigenvalue weighted by Gasteiger charge is -2.32. The van der Waals surface area contributed by atoms with Crippen LogP contribution in [0.4, 0.5) is 0 Å². The van der Waals surface area contributed by atoms with Crippen LogP contribution in [-0.4, -0.2) is 48.9 Å². The van der Waals surface area contributed by atoms with Gasteiger partial charge in [0, 0.05) is 34.4 Å². The zero-order valence-corrected chi connectivity index (χ0v) is 10.5. The summed E-state index contributed by atoms with van der Waals surface area (Å²) in [5, 5.41) is 3.27. The van der Waals surface area contributed by atoms with Gasteiger partial charge in [0.25, 0.3) is 0 Å². The average molecular weight is 222 g/mol. The summed E-state index contributed by atoms with van der Waals surface area (Å²) in [6.07, 6.45) is 0.891. The second-order valence-electron chi connectivity index (χ2n) is 2.92. The molecule has 0 aromatic heterocycles. The van der Waals surface area contributed by atoms with Crippen molar-refractivity contribution in [3.05, 3.63) is 0 Å². The van der Waals surface area contributed by atoms with Gasteiger partial charge in [-0.15, -0.1) is 0 Å². The summed E-state index contributed by atoms with van der Waals surface area (Å²) < 4.78 is 16.1. The predicted octanol–water partition coefficient (Wildman–Crippen LogP) is -0.269. The highest BCUT2D eigenvalue weighted by Crippen LogP contribution is 2.14. The van der Waals surface area contributed by atoms with E-state index in [0.29, 0.717) is 6.54 Å². The monoisotopic (exact) mass is 222 g/mol. The number of hydrogen-bond donors (Lipinski definition) is 2. The molecule has 1 atom stereocenters. The lowest BCUT2D eigenvalue weighted by Crippen LogP contribution is -2.60. The van der Waals surface area contributed by atoms with E-state index in [1.54, 1.807) is 21.3 Å². The van der Waals surface area contributed by atoms with E-state index in [0.717, 1.165) is 13.0 Å². The molecule has 6 heteroatoms. The summed E-state index contributed by atoms with van der Waals surface area (Å²) in [5.41, 5.74) is 5.53. The molecule has 0 spiro atoms. The Bertz CT molecular complexity index is 136. The summed E-state index contributed by atoms with van der Waals surface area (Å²) >= 11 is 0. The Morgan fingerprint density at radius 3 is 2.00 bits per heavy atom. The minimum atomic E-state index is -2.55. The third-order valence-corrected chi connectivity index (χ3v) is 5.40. The molecule has 0 saturated carbocycles. The summed E-state index contributed by atoms with van der Waals surface area (Å²) in [4.78, 5) is 0. The zero-order valence-electron chi connectivity index (χ0n) is 9.50. The molecule has 0 bridgehead atoms. The largest absolute Gasteiger partial charge is 0.517 e. The first-order chi connectivity index (χ1) is 6.70. The Morgan fingerprint density at radius 1 is 1.21 bits per heavy atom. The van der Waals surface area contributed by atoms with Crippen molar-refractivity contribution in [1.29, 1.82) is 0 Å². The lowest BCUT2D eigenvalue weighted by atomic mass is 10.4. The molecular weight excluding hydrogens is 200 g/mol. The topological polar surface area (TPSA) is 65.7 Å². The maximum atomic E-state index is 5.43. The molecule has 0 aliphatic rings. The van der Waals surface area contributed by atoms with Crippen LogP contribution in [-0.2, 0) is 13.3 Å². The van der Waals surface area contributed by atoms with Crippen molar-refractivity contribution in [3.8, 4) is 0 Å². The van der Waals surface area contributed by atoms with E-state index in [1.807, 2.05) is 0 Å². The molecule has 0 aliphatic heterocycles. The second-order valence-corrected chi connectivity index (χ2v) is 6.05. The lowest BCUT2D eigenvalue weighted by molar-refractivity contribution is 0.106. The number of nitrogens with two attached hydrogens (primary N) is 1. The normalized spacial score (nSPS) is 14.4. The maximum absolute atomic E-state index is 5.43. The van der Waals surface area contributed by atoms with Crippen molar-refractivity contribution in [1.82, 2.24) is 5.32 Å². The first kappa shape index (κ1) is 14.0. The molecule has 5 nitrogen and oxygen atoms in total. The van der Waals surface area contributed by atoms with Crippen LogP contribution in [0.15, 0.2) is 0 Å². The van der Waals surface area contributed by atoms with Gasteiger partial charge in [-0.1, -0.05) is 6.92 Å². The fourth-order valence-electron chi connectivity index (χ4n) is 1.45. The van der Waals surface area contributed by atoms with Gasteiger partial charge in [0.15, 0.2) is 0 Å². The van der Waals surface area contributed by atoms with Gasteiger partial charge in [-0.2, -0.15) is 0 Å². The smallest absolute Gasteiger partial charge is 0.376 e. The van der Waals surface area contributed by atoms with Gasteiger partial charge in [-0.05, 0) is 6.42 Å². The van der Waals surface area contributed by atoms with E-state index in [4.69, 9.17) is 19.0 Å². The maximum Gasteiger partial charge on any atom is 0.517 e. The Labute approximate surface area is 87.3 Å². The van der Waals surface area contributed by atoms with Crippen molar-refractivity contribution in [2.24, 2.45) is 5.73 Å². The van der Waals surface area contributed by atoms with Crippen LogP contribution in [0.25, 0.3) is 0 Å². The van der Waals surface area contributed by atoms with E-state index in [-0.39, 0.29) is 5.67 Å². The molecule has 0 saturated heterocycles. The zero-order chi connectivity index (χ0) is 11.0. The van der Waals surface area contributed by atoms with Gasteiger partial charge in [-0.3, -0.25) is 0 Å². The predicted molar refractivity (Wildman–Crippen MR) is 57.9 cm³/mol. The molecule has 0 aromatic rings. The summed E-state index contributed by atoms with van der Waals surface area (Å²) in [6, 6.07) is 0. The Kier molecular flexibility index (Phi) is 7.34. The van der Waals surface area contributed by atoms with Gasteiger partial charge in [-0.25, -0.2) is 0 Å². The van der Waals surface area contributed by atoms with Gasteiger partial charge < -0.3 is 24.3 Å². The van der Waals surface area contributed by atoms with Gasteiger partial charge in [0.1, 0.15) is 0 Å². The minimum absolute atomic E-state index is 0.103. The molecule has 86 valence electrons. The highest BCUT2D eigenvalue weighted by Gasteiger charge is 2.46. The standard InChI is InChI=1S/C8H22N2O3Si/c1-5-8(10-7-6-9)14(11-2,12-3)13-4/h8,10H,5-7,9H2,1-4H3/t8-/m1/s1. The van der Waals surface area contributed by atoms with Crippen molar-refractivity contribution in [3.63, 3.8) is 0 Å². The quantitative estimate of drug-likeness (QED) is 0.554. The molecule has 0 unspecified atom stereocenters. The molecule has 0 amide bonds. The summed E-state index contributed by atoms with van der Waals surface area (Å²) in [5.74, 6) is 0. The second kappa shape index (κ2) is 7.33. The number of nitrogens with one attached hydrogen (secondary N) is 1. The average Bonchev–Trinajstić information content (AvgIpc) is 2.25. The molecule has 0 aromatic carbocycles. The summed E-state index contributed by atoms with van der Waals surface area (Å²) in [6.45, 7) is 3.40. The van der Waals surface area contributed by atoms with Crippen LogP contribution >= 0.6 is 0 Å². The number of rotatable bonds is 8. The number of hydrogen-bond acceptors (Lipinski definition) is 5. The van der Waals surface area contributed by atoms with Crippen LogP contribution in [0, 0.1) is 0 Å². The van der Waals surface area contributed by atoms with E-state index < -0.39 is 8.80 Å². The van der Waals surface area contributed by atoms with Crippen LogP contribution in [0.3, 0.4) is 0 Å². The SMILES string of the molecule is CC[C@H](NCCN)[Si](OC)(OC)OC. The molecule has 14 heavy (non-hydrogen) atoms. The minimum Gasteiger partial charge on any atom is -0.376 e. The van der Waals surface area contributed by atoms with Crippen LogP contribution in [0.1, 0.15) is 13.3 Å². The first-order valence-corrected chi connectivity index (χ1v) is 6.59. The highest BCUT2D eigenvalue weighted by molar-refractivity contribution is 6.62. The first-order valence-electron chi connectivity index (χ1n) is 4.79. The fraction of sp³-hybridized carbons (Fsp3) is 1.00. The van der Waals surface area contributed by atoms with Crippen LogP contribution < -0.4 is 11.1 Å². The van der Waals surface area contributed by atoms with Crippen molar-refractivity contribution < 1.29 is 13.3 Å². The van der Waals surface area contributed by atoms with E-state index >= 15 is 0 Å². The molecule has 0 rings (SSSR count). The molecule has 0 heterocycles. The summed E-state index contributed by atoms with van der Waals surface area (Å²) in [7, 11) is 2.30.